The van der Waals surface area contributed by atoms with Crippen LogP contribution >= 0.6 is 0 Å². The SMILES string of the molecule is [2H]C1CCN([2H])C(=O)C1[2H]. The zero-order valence-electron chi connectivity index (χ0n) is 6.92. The molecule has 2 nitrogen and oxygen atoms in total. The van der Waals surface area contributed by atoms with Crippen molar-refractivity contribution in [2.45, 2.75) is 19.2 Å². The summed E-state index contributed by atoms with van der Waals surface area (Å²) in [6.45, 7) is 0.294. The van der Waals surface area contributed by atoms with Crippen molar-refractivity contribution in [3.05, 3.63) is 0 Å². The Morgan fingerprint density at radius 3 is 3.57 bits per heavy atom. The molecule has 40 valence electrons. The van der Waals surface area contributed by atoms with Gasteiger partial charge in [-0.1, -0.05) is 0 Å². The minimum atomic E-state index is -1.04. The van der Waals surface area contributed by atoms with Crippen LogP contribution in [0.2, 0.25) is 1.41 Å². The average molecular weight is 102 g/mol. The summed E-state index contributed by atoms with van der Waals surface area (Å²) in [4.78, 5) is 10.8. The summed E-state index contributed by atoms with van der Waals surface area (Å²) in [6, 6.07) is 0. The van der Waals surface area contributed by atoms with Crippen LogP contribution in [-0.2, 0) is 4.79 Å². The van der Waals surface area contributed by atoms with Crippen molar-refractivity contribution in [3.63, 3.8) is 0 Å². The minimum absolute atomic E-state index is 0.294. The van der Waals surface area contributed by atoms with E-state index in [1.54, 1.807) is 0 Å². The third-order valence-corrected chi connectivity index (χ3v) is 0.824. The maximum absolute atomic E-state index is 10.8. The smallest absolute Gasteiger partial charge is 0.219 e. The first-order valence-corrected chi connectivity index (χ1v) is 2.27. The summed E-state index contributed by atoms with van der Waals surface area (Å²) in [5, 5.41) is 0.767. The Bertz CT molecular complexity index is 152. The van der Waals surface area contributed by atoms with Crippen LogP contribution in [0, 0.1) is 0 Å². The molecule has 0 radical (unpaired) electrons. The first-order chi connectivity index (χ1) is 4.63. The van der Waals surface area contributed by atoms with Crippen molar-refractivity contribution in [2.24, 2.45) is 0 Å². The molecule has 0 aromatic rings. The molecule has 1 fully saturated rings. The van der Waals surface area contributed by atoms with E-state index in [2.05, 4.69) is 0 Å². The van der Waals surface area contributed by atoms with E-state index in [1.165, 1.54) is 0 Å². The van der Waals surface area contributed by atoms with E-state index >= 15 is 0 Å². The van der Waals surface area contributed by atoms with Crippen LogP contribution in [-0.4, -0.2) is 12.5 Å². The van der Waals surface area contributed by atoms with Gasteiger partial charge in [0.25, 0.3) is 0 Å². The highest BCUT2D eigenvalue weighted by molar-refractivity contribution is 5.76. The molecule has 0 aromatic heterocycles. The highest BCUT2D eigenvalue weighted by Crippen LogP contribution is 1.98. The topological polar surface area (TPSA) is 29.1 Å². The van der Waals surface area contributed by atoms with Gasteiger partial charge in [0, 0.05) is 15.7 Å². The van der Waals surface area contributed by atoms with Gasteiger partial charge in [-0.15, -0.1) is 0 Å². The van der Waals surface area contributed by atoms with Crippen LogP contribution in [0.15, 0.2) is 0 Å². The zero-order chi connectivity index (χ0) is 7.72. The lowest BCUT2D eigenvalue weighted by Crippen LogP contribution is -2.28. The van der Waals surface area contributed by atoms with E-state index in [-0.39, 0.29) is 0 Å². The van der Waals surface area contributed by atoms with Crippen LogP contribution in [0.4, 0.5) is 0 Å². The highest BCUT2D eigenvalue weighted by atomic mass is 16.1. The maximum atomic E-state index is 10.8. The quantitative estimate of drug-likeness (QED) is 0.468. The lowest BCUT2D eigenvalue weighted by atomic mass is 10.2. The average Bonchev–Trinajstić information content (AvgIpc) is 1.93. The number of carbonyl (C=O) groups excluding carboxylic acids is 1. The molecule has 0 aromatic carbocycles. The minimum Gasteiger partial charge on any atom is -0.356 e. The Kier molecular flexibility index (Phi) is 0.604. The second-order valence-corrected chi connectivity index (χ2v) is 1.41. The molecular formula is C5H9NO. The van der Waals surface area contributed by atoms with Gasteiger partial charge in [-0.05, 0) is 12.8 Å². The molecule has 0 spiro atoms. The third kappa shape index (κ3) is 1.18. The van der Waals surface area contributed by atoms with Crippen molar-refractivity contribution in [3.8, 4) is 0 Å². The molecule has 1 aliphatic rings. The maximum Gasteiger partial charge on any atom is 0.219 e. The van der Waals surface area contributed by atoms with E-state index in [0.717, 1.165) is 5.31 Å². The van der Waals surface area contributed by atoms with Crippen molar-refractivity contribution >= 4 is 5.91 Å². The van der Waals surface area contributed by atoms with Gasteiger partial charge in [-0.3, -0.25) is 4.79 Å². The van der Waals surface area contributed by atoms with Gasteiger partial charge in [-0.2, -0.15) is 0 Å². The number of nitrogens with one attached hydrogen (secondary N) is 1. The first-order valence-electron chi connectivity index (χ1n) is 3.88. The number of hydrogen-bond acceptors (Lipinski definition) is 1. The second kappa shape index (κ2) is 1.96. The Balaban J connectivity index is 2.60. The summed E-state index contributed by atoms with van der Waals surface area (Å²) in [6.07, 6.45) is -1.22. The van der Waals surface area contributed by atoms with Crippen LogP contribution < -0.4 is 5.31 Å². The number of rotatable bonds is 0. The van der Waals surface area contributed by atoms with E-state index in [0.29, 0.717) is 13.0 Å². The fourth-order valence-corrected chi connectivity index (χ4v) is 0.486. The molecule has 2 atom stereocenters. The summed E-state index contributed by atoms with van der Waals surface area (Å²) in [5.41, 5.74) is 0. The highest BCUT2D eigenvalue weighted by Gasteiger charge is 2.04. The molecule has 1 rings (SSSR count). The Hall–Kier alpha value is -0.530. The van der Waals surface area contributed by atoms with Crippen LogP contribution in [0.5, 0.6) is 0 Å². The van der Waals surface area contributed by atoms with Crippen molar-refractivity contribution < 1.29 is 8.95 Å². The Morgan fingerprint density at radius 1 is 2.00 bits per heavy atom. The van der Waals surface area contributed by atoms with Crippen molar-refractivity contribution in [1.29, 1.82) is 0 Å². The zero-order valence-corrected chi connectivity index (χ0v) is 3.92. The van der Waals surface area contributed by atoms with Crippen LogP contribution in [0.25, 0.3) is 0 Å². The normalized spacial score (nSPS) is 50.0. The summed E-state index contributed by atoms with van der Waals surface area (Å²) in [7, 11) is 0. The molecular weight excluding hydrogens is 90.1 g/mol. The predicted octanol–water partition coefficient (Wildman–Crippen LogP) is 0.286. The number of piperidine rings is 1. The summed E-state index contributed by atoms with van der Waals surface area (Å²) >= 11 is 0. The molecule has 0 bridgehead atoms. The number of amides is 1. The molecule has 1 amide bonds. The Morgan fingerprint density at radius 2 is 2.86 bits per heavy atom. The fourth-order valence-electron chi connectivity index (χ4n) is 0.486. The van der Waals surface area contributed by atoms with Gasteiger partial charge < -0.3 is 5.31 Å². The molecule has 0 aliphatic carbocycles. The van der Waals surface area contributed by atoms with Gasteiger partial charge in [-0.25, -0.2) is 0 Å². The monoisotopic (exact) mass is 102 g/mol. The molecule has 2 unspecified atom stereocenters. The summed E-state index contributed by atoms with van der Waals surface area (Å²) < 4.78 is 21.3. The van der Waals surface area contributed by atoms with E-state index in [4.69, 9.17) is 4.15 Å². The van der Waals surface area contributed by atoms with E-state index < -0.39 is 18.7 Å². The number of carbonyl (C=O) groups is 1. The third-order valence-electron chi connectivity index (χ3n) is 0.824. The fraction of sp³-hybridized carbons (Fsp3) is 0.800. The second-order valence-electron chi connectivity index (χ2n) is 1.41. The van der Waals surface area contributed by atoms with Crippen molar-refractivity contribution in [2.75, 3.05) is 6.54 Å². The van der Waals surface area contributed by atoms with Crippen molar-refractivity contribution in [1.82, 2.24) is 5.31 Å². The van der Waals surface area contributed by atoms with Gasteiger partial charge >= 0.3 is 0 Å². The largest absolute Gasteiger partial charge is 0.356 e. The molecule has 1 N–H and O–H groups in total. The number of hydrogen-bond donors (Lipinski definition) is 1. The van der Waals surface area contributed by atoms with E-state index in [9.17, 15) is 4.79 Å². The van der Waals surface area contributed by atoms with Crippen LogP contribution in [0.1, 0.15) is 22.0 Å². The molecule has 1 heterocycles. The van der Waals surface area contributed by atoms with Gasteiger partial charge in [0.1, 0.15) is 0 Å². The van der Waals surface area contributed by atoms with Gasteiger partial charge in [0.15, 0.2) is 1.41 Å². The molecule has 1 saturated heterocycles. The Labute approximate surface area is 47.2 Å². The first kappa shape index (κ1) is 2.16. The van der Waals surface area contributed by atoms with Crippen LogP contribution in [0.3, 0.4) is 0 Å². The van der Waals surface area contributed by atoms with Gasteiger partial charge in [0.2, 0.25) is 5.91 Å². The summed E-state index contributed by atoms with van der Waals surface area (Å²) in [5.74, 6) is -0.550. The molecule has 7 heavy (non-hydrogen) atoms. The predicted molar refractivity (Wildman–Crippen MR) is 26.9 cm³/mol. The molecule has 1 aliphatic heterocycles. The lowest BCUT2D eigenvalue weighted by molar-refractivity contribution is -0.122. The lowest BCUT2D eigenvalue weighted by Gasteiger charge is -2.08. The molecule has 0 saturated carbocycles. The van der Waals surface area contributed by atoms with E-state index in [1.807, 2.05) is 0 Å². The molecule has 2 heteroatoms. The standard InChI is InChI=1S/C5H9NO/c7-5-3-1-2-4-6-5/h1-4H2,(H,6,7)/i1D,3D/hD. The van der Waals surface area contributed by atoms with Gasteiger partial charge in [0.05, 0.1) is 0 Å².